The second kappa shape index (κ2) is 4.36. The Labute approximate surface area is 130 Å². The first kappa shape index (κ1) is 12.3. The lowest BCUT2D eigenvalue weighted by atomic mass is 9.98. The van der Waals surface area contributed by atoms with Crippen molar-refractivity contribution < 1.29 is 0 Å². The van der Waals surface area contributed by atoms with E-state index in [2.05, 4.69) is 9.97 Å². The first-order valence-corrected chi connectivity index (χ1v) is 8.35. The lowest BCUT2D eigenvalue weighted by molar-refractivity contribution is 0.692. The van der Waals surface area contributed by atoms with Crippen LogP contribution in [-0.2, 0) is 12.8 Å². The van der Waals surface area contributed by atoms with Crippen LogP contribution in [0.2, 0.25) is 0 Å². The van der Waals surface area contributed by atoms with Gasteiger partial charge in [-0.15, -0.1) is 11.3 Å². The van der Waals surface area contributed by atoms with Crippen LogP contribution in [0.15, 0.2) is 35.4 Å². The van der Waals surface area contributed by atoms with E-state index in [1.807, 2.05) is 28.7 Å². The molecule has 3 heterocycles. The Morgan fingerprint density at radius 2 is 2.00 bits per heavy atom. The lowest BCUT2D eigenvalue weighted by Gasteiger charge is -2.14. The topological polar surface area (TPSA) is 47.3 Å². The van der Waals surface area contributed by atoms with Gasteiger partial charge in [-0.05, 0) is 37.8 Å². The maximum atomic E-state index is 13.0. The quantitative estimate of drug-likeness (QED) is 0.500. The van der Waals surface area contributed by atoms with E-state index < -0.39 is 0 Å². The number of aromatic nitrogens is 3. The van der Waals surface area contributed by atoms with Crippen LogP contribution in [0.4, 0.5) is 0 Å². The van der Waals surface area contributed by atoms with Crippen molar-refractivity contribution >= 4 is 38.2 Å². The smallest absolute Gasteiger partial charge is 0.196 e. The van der Waals surface area contributed by atoms with Gasteiger partial charge in [0.05, 0.1) is 11.0 Å². The van der Waals surface area contributed by atoms with E-state index >= 15 is 0 Å². The third-order valence-electron chi connectivity index (χ3n) is 4.46. The number of benzene rings is 1. The van der Waals surface area contributed by atoms with Crippen molar-refractivity contribution in [1.29, 1.82) is 0 Å². The molecule has 0 aliphatic heterocycles. The Morgan fingerprint density at radius 1 is 1.14 bits per heavy atom. The van der Waals surface area contributed by atoms with Gasteiger partial charge in [0.1, 0.15) is 16.5 Å². The highest BCUT2D eigenvalue weighted by molar-refractivity contribution is 7.18. The SMILES string of the molecule is O=c1c2c(sc3ncn4c5ccccc5nc4c13)CCCC2. The number of rotatable bonds is 0. The summed E-state index contributed by atoms with van der Waals surface area (Å²) in [5, 5.41) is 0.685. The monoisotopic (exact) mass is 307 g/mol. The average Bonchev–Trinajstić information content (AvgIpc) is 2.93. The second-order valence-electron chi connectivity index (χ2n) is 5.76. The molecule has 0 N–H and O–H groups in total. The Bertz CT molecular complexity index is 1110. The molecule has 1 aliphatic carbocycles. The summed E-state index contributed by atoms with van der Waals surface area (Å²) >= 11 is 1.66. The molecule has 4 nitrogen and oxygen atoms in total. The summed E-state index contributed by atoms with van der Waals surface area (Å²) in [6, 6.07) is 7.93. The standard InChI is InChI=1S/C17H13N3OS/c21-15-10-5-1-4-8-13(10)22-17-14(15)16-19-11-6-2-3-7-12(11)20(16)9-18-17/h2-3,6-7,9H,1,4-5,8H2. The minimum atomic E-state index is 0.136. The molecule has 0 saturated carbocycles. The van der Waals surface area contributed by atoms with E-state index in [9.17, 15) is 4.79 Å². The van der Waals surface area contributed by atoms with Gasteiger partial charge in [0, 0.05) is 10.4 Å². The number of hydrogen-bond acceptors (Lipinski definition) is 4. The summed E-state index contributed by atoms with van der Waals surface area (Å²) in [5.74, 6) is 0. The van der Waals surface area contributed by atoms with Gasteiger partial charge in [0.2, 0.25) is 0 Å². The Kier molecular flexibility index (Phi) is 2.44. The zero-order valence-electron chi connectivity index (χ0n) is 11.9. The number of fused-ring (bicyclic) bond motifs is 6. The molecule has 0 spiro atoms. The number of nitrogens with zero attached hydrogens (tertiary/aromatic N) is 3. The highest BCUT2D eigenvalue weighted by Gasteiger charge is 2.19. The van der Waals surface area contributed by atoms with Crippen molar-refractivity contribution in [2.75, 3.05) is 0 Å². The summed E-state index contributed by atoms with van der Waals surface area (Å²) < 4.78 is 1.93. The average molecular weight is 307 g/mol. The number of aryl methyl sites for hydroxylation is 1. The van der Waals surface area contributed by atoms with Gasteiger partial charge >= 0.3 is 0 Å². The van der Waals surface area contributed by atoms with Gasteiger partial charge in [-0.3, -0.25) is 9.20 Å². The predicted octanol–water partition coefficient (Wildman–Crippen LogP) is 3.34. The molecule has 5 rings (SSSR count). The third-order valence-corrected chi connectivity index (χ3v) is 5.66. The number of para-hydroxylation sites is 2. The molecule has 0 fully saturated rings. The van der Waals surface area contributed by atoms with Crippen LogP contribution in [-0.4, -0.2) is 14.4 Å². The van der Waals surface area contributed by atoms with Gasteiger partial charge < -0.3 is 0 Å². The zero-order valence-corrected chi connectivity index (χ0v) is 12.7. The van der Waals surface area contributed by atoms with Crippen molar-refractivity contribution in [1.82, 2.24) is 14.4 Å². The molecule has 0 bridgehead atoms. The van der Waals surface area contributed by atoms with Crippen molar-refractivity contribution in [2.45, 2.75) is 25.7 Å². The summed E-state index contributed by atoms with van der Waals surface area (Å²) in [6.45, 7) is 0. The van der Waals surface area contributed by atoms with E-state index in [0.717, 1.165) is 46.3 Å². The van der Waals surface area contributed by atoms with E-state index in [1.165, 1.54) is 11.3 Å². The minimum Gasteiger partial charge on any atom is -0.289 e. The molecule has 3 aromatic heterocycles. The molecule has 4 aromatic rings. The van der Waals surface area contributed by atoms with Gasteiger partial charge in [-0.2, -0.15) is 0 Å². The summed E-state index contributed by atoms with van der Waals surface area (Å²) in [5.41, 5.74) is 3.76. The first-order chi connectivity index (χ1) is 10.8. The van der Waals surface area contributed by atoms with Gasteiger partial charge in [-0.1, -0.05) is 12.1 Å². The largest absolute Gasteiger partial charge is 0.289 e. The van der Waals surface area contributed by atoms with Crippen molar-refractivity contribution in [2.24, 2.45) is 0 Å². The van der Waals surface area contributed by atoms with E-state index in [-0.39, 0.29) is 5.43 Å². The summed E-state index contributed by atoms with van der Waals surface area (Å²) in [6.07, 6.45) is 5.96. The molecule has 1 aliphatic rings. The molecular formula is C17H13N3OS. The van der Waals surface area contributed by atoms with Crippen LogP contribution in [0.1, 0.15) is 23.3 Å². The van der Waals surface area contributed by atoms with Crippen LogP contribution in [0.25, 0.3) is 26.9 Å². The Balaban J connectivity index is 2.02. The maximum Gasteiger partial charge on any atom is 0.196 e. The van der Waals surface area contributed by atoms with Crippen LogP contribution in [0, 0.1) is 0 Å². The molecule has 0 saturated heterocycles. The molecule has 0 atom stereocenters. The normalized spacial score (nSPS) is 14.7. The van der Waals surface area contributed by atoms with Gasteiger partial charge in [-0.25, -0.2) is 9.97 Å². The lowest BCUT2D eigenvalue weighted by Crippen LogP contribution is -2.16. The maximum absolute atomic E-state index is 13.0. The van der Waals surface area contributed by atoms with E-state index in [1.54, 1.807) is 17.7 Å². The molecule has 1 aromatic carbocycles. The highest BCUT2D eigenvalue weighted by atomic mass is 32.1. The van der Waals surface area contributed by atoms with Crippen molar-refractivity contribution in [3.63, 3.8) is 0 Å². The number of hydrogen-bond donors (Lipinski definition) is 0. The highest BCUT2D eigenvalue weighted by Crippen LogP contribution is 2.29. The molecule has 5 heteroatoms. The zero-order chi connectivity index (χ0) is 14.7. The molecule has 0 radical (unpaired) electrons. The van der Waals surface area contributed by atoms with E-state index in [0.29, 0.717) is 5.39 Å². The Morgan fingerprint density at radius 3 is 2.95 bits per heavy atom. The van der Waals surface area contributed by atoms with Gasteiger partial charge in [0.25, 0.3) is 0 Å². The van der Waals surface area contributed by atoms with Crippen LogP contribution in [0.5, 0.6) is 0 Å². The molecule has 0 unspecified atom stereocenters. The fraction of sp³-hybridized carbons (Fsp3) is 0.235. The van der Waals surface area contributed by atoms with Crippen molar-refractivity contribution in [3.05, 3.63) is 51.3 Å². The summed E-state index contributed by atoms with van der Waals surface area (Å²) in [7, 11) is 0. The van der Waals surface area contributed by atoms with E-state index in [4.69, 9.17) is 0 Å². The van der Waals surface area contributed by atoms with Crippen LogP contribution in [0.3, 0.4) is 0 Å². The fourth-order valence-electron chi connectivity index (χ4n) is 3.38. The molecule has 0 amide bonds. The van der Waals surface area contributed by atoms with Crippen LogP contribution >= 0.6 is 11.3 Å². The first-order valence-electron chi connectivity index (χ1n) is 7.53. The predicted molar refractivity (Wildman–Crippen MR) is 88.8 cm³/mol. The molecule has 108 valence electrons. The minimum absolute atomic E-state index is 0.136. The summed E-state index contributed by atoms with van der Waals surface area (Å²) in [4.78, 5) is 24.2. The van der Waals surface area contributed by atoms with Crippen LogP contribution < -0.4 is 5.43 Å². The number of imidazole rings is 1. The third kappa shape index (κ3) is 1.54. The molecular weight excluding hydrogens is 294 g/mol. The van der Waals surface area contributed by atoms with Gasteiger partial charge in [0.15, 0.2) is 11.1 Å². The molecule has 22 heavy (non-hydrogen) atoms. The second-order valence-corrected chi connectivity index (χ2v) is 6.84. The van der Waals surface area contributed by atoms with Crippen molar-refractivity contribution in [3.8, 4) is 0 Å². The Hall–Kier alpha value is -2.27. The fourth-order valence-corrected chi connectivity index (χ4v) is 4.57.